The smallest absolute Gasteiger partial charge is 0.339 e. The predicted octanol–water partition coefficient (Wildman–Crippen LogP) is 2.67. The Kier molecular flexibility index (Phi) is 3.53. The molecule has 3 rings (SSSR count). The van der Waals surface area contributed by atoms with Gasteiger partial charge in [0.15, 0.2) is 0 Å². The minimum atomic E-state index is -1.17. The molecule has 0 aliphatic carbocycles. The van der Waals surface area contributed by atoms with Crippen LogP contribution in [0.5, 0.6) is 0 Å². The molecule has 2 atom stereocenters. The summed E-state index contributed by atoms with van der Waals surface area (Å²) in [6, 6.07) is 12.1. The van der Waals surface area contributed by atoms with Gasteiger partial charge in [0.1, 0.15) is 12.0 Å². The average Bonchev–Trinajstić information content (AvgIpc) is 2.54. The molecule has 7 heteroatoms. The number of hydrogen-bond donors (Lipinski definition) is 1. The first kappa shape index (κ1) is 14.7. The first-order chi connectivity index (χ1) is 11.0. The number of ether oxygens (including phenoxy) is 1. The van der Waals surface area contributed by atoms with E-state index < -0.39 is 28.9 Å². The number of carboxylic acids is 1. The number of carbonyl (C=O) groups is 2. The zero-order valence-corrected chi connectivity index (χ0v) is 11.7. The molecular weight excluding hydrogens is 302 g/mol. The van der Waals surface area contributed by atoms with E-state index in [4.69, 9.17) is 4.74 Å². The van der Waals surface area contributed by atoms with Crippen molar-refractivity contribution in [2.45, 2.75) is 12.0 Å². The lowest BCUT2D eigenvalue weighted by Gasteiger charge is -2.30. The largest absolute Gasteiger partial charge is 0.481 e. The molecule has 0 spiro atoms. The van der Waals surface area contributed by atoms with Crippen molar-refractivity contribution in [3.63, 3.8) is 0 Å². The number of benzene rings is 2. The molecule has 0 aromatic heterocycles. The standard InChI is InChI=1S/C16H11NO6/c18-15(19)13-11-7-6-10(17(21)22)8-12(11)16(20)23-14(13)9-4-2-1-3-5-9/h1-8,13-14H,(H,18,19)/t13-,14+/m1/s1. The van der Waals surface area contributed by atoms with E-state index in [0.29, 0.717) is 5.56 Å². The fourth-order valence-electron chi connectivity index (χ4n) is 2.68. The molecule has 1 N–H and O–H groups in total. The van der Waals surface area contributed by atoms with Gasteiger partial charge in [-0.1, -0.05) is 36.4 Å². The first-order valence-electron chi connectivity index (χ1n) is 6.76. The van der Waals surface area contributed by atoms with Crippen molar-refractivity contribution in [1.29, 1.82) is 0 Å². The number of nitro groups is 1. The molecule has 1 aliphatic heterocycles. The van der Waals surface area contributed by atoms with E-state index in [0.717, 1.165) is 6.07 Å². The molecule has 0 radical (unpaired) electrons. The Labute approximate surface area is 130 Å². The summed E-state index contributed by atoms with van der Waals surface area (Å²) in [6.07, 6.45) is -0.977. The summed E-state index contributed by atoms with van der Waals surface area (Å²) >= 11 is 0. The van der Waals surface area contributed by atoms with Crippen LogP contribution in [0.3, 0.4) is 0 Å². The Morgan fingerprint density at radius 1 is 1.17 bits per heavy atom. The maximum atomic E-state index is 12.2. The van der Waals surface area contributed by atoms with Crippen LogP contribution in [0.2, 0.25) is 0 Å². The number of non-ortho nitro benzene ring substituents is 1. The van der Waals surface area contributed by atoms with E-state index in [9.17, 15) is 24.8 Å². The van der Waals surface area contributed by atoms with Crippen molar-refractivity contribution in [1.82, 2.24) is 0 Å². The van der Waals surface area contributed by atoms with Crippen LogP contribution in [0.15, 0.2) is 48.5 Å². The Hall–Kier alpha value is -3.22. The van der Waals surface area contributed by atoms with Gasteiger partial charge in [-0.25, -0.2) is 4.79 Å². The predicted molar refractivity (Wildman–Crippen MR) is 78.1 cm³/mol. The normalized spacial score (nSPS) is 19.6. The zero-order valence-electron chi connectivity index (χ0n) is 11.7. The SMILES string of the molecule is O=C1O[C@@H](c2ccccc2)[C@H](C(=O)O)c2ccc([N+](=O)[O-])cc21. The van der Waals surface area contributed by atoms with Crippen molar-refractivity contribution < 1.29 is 24.4 Å². The summed E-state index contributed by atoms with van der Waals surface area (Å²) in [7, 11) is 0. The Morgan fingerprint density at radius 3 is 2.48 bits per heavy atom. The summed E-state index contributed by atoms with van der Waals surface area (Å²) in [5, 5.41) is 20.4. The van der Waals surface area contributed by atoms with Crippen LogP contribution in [-0.2, 0) is 9.53 Å². The van der Waals surface area contributed by atoms with Crippen molar-refractivity contribution in [2.75, 3.05) is 0 Å². The first-order valence-corrected chi connectivity index (χ1v) is 6.76. The van der Waals surface area contributed by atoms with Crippen molar-refractivity contribution >= 4 is 17.6 Å². The third-order valence-corrected chi connectivity index (χ3v) is 3.73. The van der Waals surface area contributed by atoms with Crippen LogP contribution < -0.4 is 0 Å². The third-order valence-electron chi connectivity index (χ3n) is 3.73. The lowest BCUT2D eigenvalue weighted by atomic mass is 9.84. The van der Waals surface area contributed by atoms with Gasteiger partial charge in [-0.05, 0) is 11.1 Å². The molecule has 2 aromatic carbocycles. The second-order valence-electron chi connectivity index (χ2n) is 5.08. The van der Waals surface area contributed by atoms with Gasteiger partial charge < -0.3 is 9.84 Å². The molecule has 1 heterocycles. The zero-order chi connectivity index (χ0) is 16.6. The minimum Gasteiger partial charge on any atom is -0.481 e. The molecular formula is C16H11NO6. The summed E-state index contributed by atoms with van der Waals surface area (Å²) < 4.78 is 5.27. The lowest BCUT2D eigenvalue weighted by Crippen LogP contribution is -2.31. The number of rotatable bonds is 3. The highest BCUT2D eigenvalue weighted by Gasteiger charge is 2.41. The van der Waals surface area contributed by atoms with Gasteiger partial charge in [-0.3, -0.25) is 14.9 Å². The molecule has 0 saturated carbocycles. The highest BCUT2D eigenvalue weighted by atomic mass is 16.6. The van der Waals surface area contributed by atoms with E-state index in [1.807, 2.05) is 0 Å². The molecule has 1 aliphatic rings. The maximum Gasteiger partial charge on any atom is 0.339 e. The number of carbonyl (C=O) groups excluding carboxylic acids is 1. The van der Waals surface area contributed by atoms with Crippen molar-refractivity contribution in [3.05, 3.63) is 75.3 Å². The number of aliphatic carboxylic acids is 1. The van der Waals surface area contributed by atoms with Crippen molar-refractivity contribution in [3.8, 4) is 0 Å². The molecule has 7 nitrogen and oxygen atoms in total. The van der Waals surface area contributed by atoms with Crippen LogP contribution in [0.1, 0.15) is 33.5 Å². The number of nitro benzene ring substituents is 1. The molecule has 0 amide bonds. The number of esters is 1. The monoisotopic (exact) mass is 313 g/mol. The molecule has 116 valence electrons. The van der Waals surface area contributed by atoms with Crippen LogP contribution >= 0.6 is 0 Å². The third kappa shape index (κ3) is 2.52. The van der Waals surface area contributed by atoms with Gasteiger partial charge in [0.05, 0.1) is 10.5 Å². The average molecular weight is 313 g/mol. The van der Waals surface area contributed by atoms with E-state index in [-0.39, 0.29) is 16.8 Å². The summed E-state index contributed by atoms with van der Waals surface area (Å²) in [6.45, 7) is 0. The molecule has 0 saturated heterocycles. The Morgan fingerprint density at radius 2 is 1.87 bits per heavy atom. The van der Waals surface area contributed by atoms with Crippen LogP contribution in [0.25, 0.3) is 0 Å². The summed E-state index contributed by atoms with van der Waals surface area (Å²) in [4.78, 5) is 34.1. The fraction of sp³-hybridized carbons (Fsp3) is 0.125. The number of cyclic esters (lactones) is 1. The number of carboxylic acid groups (broad SMARTS) is 1. The van der Waals surface area contributed by atoms with E-state index in [1.54, 1.807) is 30.3 Å². The molecule has 0 fully saturated rings. The molecule has 23 heavy (non-hydrogen) atoms. The highest BCUT2D eigenvalue weighted by molar-refractivity contribution is 5.96. The van der Waals surface area contributed by atoms with Gasteiger partial charge >= 0.3 is 11.9 Å². The topological polar surface area (TPSA) is 107 Å². The quantitative estimate of drug-likeness (QED) is 0.530. The molecule has 0 bridgehead atoms. The van der Waals surface area contributed by atoms with Crippen LogP contribution in [-0.4, -0.2) is 22.0 Å². The minimum absolute atomic E-state index is 0.0845. The molecule has 0 unspecified atom stereocenters. The second kappa shape index (κ2) is 5.53. The Bertz CT molecular complexity index is 801. The van der Waals surface area contributed by atoms with Gasteiger partial charge in [-0.15, -0.1) is 0 Å². The number of fused-ring (bicyclic) bond motifs is 1. The van der Waals surface area contributed by atoms with Crippen LogP contribution in [0, 0.1) is 10.1 Å². The maximum absolute atomic E-state index is 12.2. The van der Waals surface area contributed by atoms with E-state index >= 15 is 0 Å². The number of hydrogen-bond acceptors (Lipinski definition) is 5. The van der Waals surface area contributed by atoms with E-state index in [2.05, 4.69) is 0 Å². The molecule has 2 aromatic rings. The van der Waals surface area contributed by atoms with E-state index in [1.165, 1.54) is 12.1 Å². The Balaban J connectivity index is 2.14. The van der Waals surface area contributed by atoms with Gasteiger partial charge in [0.2, 0.25) is 0 Å². The fourth-order valence-corrected chi connectivity index (χ4v) is 2.68. The highest BCUT2D eigenvalue weighted by Crippen LogP contribution is 2.41. The number of nitrogens with zero attached hydrogens (tertiary/aromatic N) is 1. The van der Waals surface area contributed by atoms with Gasteiger partial charge in [-0.2, -0.15) is 0 Å². The van der Waals surface area contributed by atoms with Gasteiger partial charge in [0.25, 0.3) is 5.69 Å². The summed E-state index contributed by atoms with van der Waals surface area (Å²) in [5.41, 5.74) is 0.396. The second-order valence-corrected chi connectivity index (χ2v) is 5.08. The van der Waals surface area contributed by atoms with Crippen molar-refractivity contribution in [2.24, 2.45) is 0 Å². The lowest BCUT2D eigenvalue weighted by molar-refractivity contribution is -0.384. The van der Waals surface area contributed by atoms with Gasteiger partial charge in [0, 0.05) is 12.1 Å². The van der Waals surface area contributed by atoms with Crippen LogP contribution in [0.4, 0.5) is 5.69 Å². The summed E-state index contributed by atoms with van der Waals surface area (Å²) in [5.74, 6) is -3.05.